The molecule has 0 spiro atoms. The lowest BCUT2D eigenvalue weighted by Crippen LogP contribution is -2.42. The van der Waals surface area contributed by atoms with Gasteiger partial charge in [-0.25, -0.2) is 0 Å². The number of aliphatic hydroxyl groups is 1. The Balaban J connectivity index is 4.38. The monoisotopic (exact) mass is 299 g/mol. The number of nitrogens with one attached hydrogen (secondary N) is 2. The zero-order valence-corrected chi connectivity index (χ0v) is 14.8. The van der Waals surface area contributed by atoms with Crippen molar-refractivity contribution in [3.63, 3.8) is 0 Å². The van der Waals surface area contributed by atoms with Crippen LogP contribution in [0.15, 0.2) is 4.99 Å². The number of rotatable bonds is 11. The summed E-state index contributed by atoms with van der Waals surface area (Å²) in [5.74, 6) is 2.14. The minimum absolute atomic E-state index is 0.259. The number of hydrogen-bond acceptors (Lipinski definition) is 2. The van der Waals surface area contributed by atoms with E-state index in [4.69, 9.17) is 10.1 Å². The Morgan fingerprint density at radius 3 is 2.29 bits per heavy atom. The van der Waals surface area contributed by atoms with Crippen molar-refractivity contribution in [3.05, 3.63) is 0 Å². The highest BCUT2D eigenvalue weighted by Crippen LogP contribution is 2.11. The van der Waals surface area contributed by atoms with E-state index in [0.29, 0.717) is 12.0 Å². The zero-order chi connectivity index (χ0) is 16.1. The Hall–Kier alpha value is -0.770. The summed E-state index contributed by atoms with van der Waals surface area (Å²) in [5, 5.41) is 15.9. The first-order valence-electron chi connectivity index (χ1n) is 8.69. The molecule has 4 heteroatoms. The van der Waals surface area contributed by atoms with E-state index in [1.165, 1.54) is 6.42 Å². The van der Waals surface area contributed by atoms with Crippen molar-refractivity contribution in [2.45, 2.75) is 72.8 Å². The molecular weight excluding hydrogens is 262 g/mol. The standard InChI is InChI=1S/C17H37N3O/c1-6-8-16(11-12-21)13-19-17(18-7-2)20-15(5)10-9-14(3)4/h14-16,21H,6-13H2,1-5H3,(H2,18,19,20). The van der Waals surface area contributed by atoms with E-state index in [1.807, 2.05) is 0 Å². The summed E-state index contributed by atoms with van der Waals surface area (Å²) in [5.41, 5.74) is 0. The quantitative estimate of drug-likeness (QED) is 0.406. The molecule has 0 aliphatic heterocycles. The first-order valence-corrected chi connectivity index (χ1v) is 8.69. The Kier molecular flexibility index (Phi) is 12.5. The van der Waals surface area contributed by atoms with Crippen LogP contribution in [0.25, 0.3) is 0 Å². The molecule has 0 amide bonds. The van der Waals surface area contributed by atoms with E-state index in [9.17, 15) is 0 Å². The lowest BCUT2D eigenvalue weighted by molar-refractivity contribution is 0.253. The van der Waals surface area contributed by atoms with Gasteiger partial charge in [-0.1, -0.05) is 27.2 Å². The number of hydrogen-bond donors (Lipinski definition) is 3. The molecule has 4 nitrogen and oxygen atoms in total. The first kappa shape index (κ1) is 20.2. The van der Waals surface area contributed by atoms with Crippen molar-refractivity contribution in [1.82, 2.24) is 10.6 Å². The molecule has 2 unspecified atom stereocenters. The van der Waals surface area contributed by atoms with Gasteiger partial charge in [0.15, 0.2) is 5.96 Å². The number of aliphatic imine (C=N–C) groups is 1. The second kappa shape index (κ2) is 12.9. The fourth-order valence-corrected chi connectivity index (χ4v) is 2.35. The Morgan fingerprint density at radius 1 is 1.05 bits per heavy atom. The summed E-state index contributed by atoms with van der Waals surface area (Å²) in [7, 11) is 0. The smallest absolute Gasteiger partial charge is 0.191 e. The molecule has 0 radical (unpaired) electrons. The predicted molar refractivity (Wildman–Crippen MR) is 92.7 cm³/mol. The lowest BCUT2D eigenvalue weighted by atomic mass is 10.0. The molecule has 0 aromatic heterocycles. The summed E-state index contributed by atoms with van der Waals surface area (Å²) < 4.78 is 0. The highest BCUT2D eigenvalue weighted by molar-refractivity contribution is 5.80. The topological polar surface area (TPSA) is 56.7 Å². The molecule has 3 N–H and O–H groups in total. The molecule has 0 rings (SSSR count). The maximum atomic E-state index is 9.12. The molecule has 0 aliphatic carbocycles. The van der Waals surface area contributed by atoms with Crippen molar-refractivity contribution >= 4 is 5.96 Å². The van der Waals surface area contributed by atoms with Crippen LogP contribution in [0, 0.1) is 11.8 Å². The van der Waals surface area contributed by atoms with E-state index in [2.05, 4.69) is 45.3 Å². The van der Waals surface area contributed by atoms with E-state index < -0.39 is 0 Å². The minimum Gasteiger partial charge on any atom is -0.396 e. The normalized spacial score (nSPS) is 15.1. The molecule has 0 aromatic carbocycles. The van der Waals surface area contributed by atoms with Crippen LogP contribution in [0.2, 0.25) is 0 Å². The van der Waals surface area contributed by atoms with Gasteiger partial charge in [0.1, 0.15) is 0 Å². The number of guanidine groups is 1. The van der Waals surface area contributed by atoms with E-state index in [1.54, 1.807) is 0 Å². The predicted octanol–water partition coefficient (Wildman–Crippen LogP) is 3.16. The molecule has 126 valence electrons. The number of nitrogens with zero attached hydrogens (tertiary/aromatic N) is 1. The molecule has 0 saturated carbocycles. The first-order chi connectivity index (χ1) is 10.0. The summed E-state index contributed by atoms with van der Waals surface area (Å²) in [6, 6.07) is 0.438. The van der Waals surface area contributed by atoms with Gasteiger partial charge in [-0.15, -0.1) is 0 Å². The van der Waals surface area contributed by atoms with Crippen LogP contribution in [0.5, 0.6) is 0 Å². The Labute approximate surface area is 131 Å². The molecule has 0 fully saturated rings. The second-order valence-corrected chi connectivity index (χ2v) is 6.40. The van der Waals surface area contributed by atoms with Crippen molar-refractivity contribution in [3.8, 4) is 0 Å². The average molecular weight is 300 g/mol. The largest absolute Gasteiger partial charge is 0.396 e. The Morgan fingerprint density at radius 2 is 1.76 bits per heavy atom. The summed E-state index contributed by atoms with van der Waals surface area (Å²) >= 11 is 0. The van der Waals surface area contributed by atoms with Gasteiger partial charge >= 0.3 is 0 Å². The maximum Gasteiger partial charge on any atom is 0.191 e. The van der Waals surface area contributed by atoms with Gasteiger partial charge in [-0.3, -0.25) is 4.99 Å². The van der Waals surface area contributed by atoms with Gasteiger partial charge in [0.05, 0.1) is 0 Å². The van der Waals surface area contributed by atoms with Crippen molar-refractivity contribution in [2.75, 3.05) is 19.7 Å². The van der Waals surface area contributed by atoms with Gasteiger partial charge < -0.3 is 15.7 Å². The van der Waals surface area contributed by atoms with E-state index in [0.717, 1.165) is 50.7 Å². The third-order valence-electron chi connectivity index (χ3n) is 3.65. The zero-order valence-electron chi connectivity index (χ0n) is 14.8. The van der Waals surface area contributed by atoms with Gasteiger partial charge in [0.25, 0.3) is 0 Å². The third kappa shape index (κ3) is 11.6. The van der Waals surface area contributed by atoms with Crippen LogP contribution in [0.4, 0.5) is 0 Å². The van der Waals surface area contributed by atoms with Crippen molar-refractivity contribution in [1.29, 1.82) is 0 Å². The molecule has 2 atom stereocenters. The third-order valence-corrected chi connectivity index (χ3v) is 3.65. The average Bonchev–Trinajstić information content (AvgIpc) is 2.43. The molecule has 0 saturated heterocycles. The van der Waals surface area contributed by atoms with Crippen LogP contribution in [0.3, 0.4) is 0 Å². The van der Waals surface area contributed by atoms with Gasteiger partial charge in [0.2, 0.25) is 0 Å². The van der Waals surface area contributed by atoms with Gasteiger partial charge in [-0.05, 0) is 51.4 Å². The second-order valence-electron chi connectivity index (χ2n) is 6.40. The highest BCUT2D eigenvalue weighted by atomic mass is 16.3. The van der Waals surface area contributed by atoms with E-state index in [-0.39, 0.29) is 6.61 Å². The molecule has 0 aliphatic rings. The van der Waals surface area contributed by atoms with Crippen LogP contribution in [0.1, 0.15) is 66.7 Å². The summed E-state index contributed by atoms with van der Waals surface area (Å²) in [6.45, 7) is 12.9. The maximum absolute atomic E-state index is 9.12. The SMILES string of the molecule is CCCC(CCO)CN=C(NCC)NC(C)CCC(C)C. The van der Waals surface area contributed by atoms with Crippen molar-refractivity contribution in [2.24, 2.45) is 16.8 Å². The van der Waals surface area contributed by atoms with Crippen LogP contribution in [-0.2, 0) is 0 Å². The summed E-state index contributed by atoms with van der Waals surface area (Å²) in [6.07, 6.45) is 5.52. The number of aliphatic hydroxyl groups excluding tert-OH is 1. The summed E-state index contributed by atoms with van der Waals surface area (Å²) in [4.78, 5) is 4.70. The van der Waals surface area contributed by atoms with Crippen LogP contribution >= 0.6 is 0 Å². The molecule has 0 heterocycles. The molecular formula is C17H37N3O. The molecule has 21 heavy (non-hydrogen) atoms. The van der Waals surface area contributed by atoms with Gasteiger partial charge in [-0.2, -0.15) is 0 Å². The van der Waals surface area contributed by atoms with Crippen LogP contribution < -0.4 is 10.6 Å². The van der Waals surface area contributed by atoms with Crippen molar-refractivity contribution < 1.29 is 5.11 Å². The highest BCUT2D eigenvalue weighted by Gasteiger charge is 2.09. The fraction of sp³-hybridized carbons (Fsp3) is 0.941. The minimum atomic E-state index is 0.259. The van der Waals surface area contributed by atoms with Crippen LogP contribution in [-0.4, -0.2) is 36.8 Å². The molecule has 0 aromatic rings. The Bertz CT molecular complexity index is 261. The molecule has 0 bridgehead atoms. The fourth-order valence-electron chi connectivity index (χ4n) is 2.35. The lowest BCUT2D eigenvalue weighted by Gasteiger charge is -2.20. The van der Waals surface area contributed by atoms with E-state index >= 15 is 0 Å². The van der Waals surface area contributed by atoms with Gasteiger partial charge in [0, 0.05) is 25.7 Å².